The van der Waals surface area contributed by atoms with E-state index in [-0.39, 0.29) is 23.4 Å². The van der Waals surface area contributed by atoms with Crippen LogP contribution < -0.4 is 5.32 Å². The Hall–Kier alpha value is -1.69. The van der Waals surface area contributed by atoms with Crippen molar-refractivity contribution >= 4 is 17.2 Å². The molecule has 3 atom stereocenters. The lowest BCUT2D eigenvalue weighted by Crippen LogP contribution is -2.62. The van der Waals surface area contributed by atoms with Crippen LogP contribution in [0.5, 0.6) is 0 Å². The van der Waals surface area contributed by atoms with Crippen LogP contribution in [0.1, 0.15) is 61.8 Å². The van der Waals surface area contributed by atoms with Crippen molar-refractivity contribution in [2.75, 3.05) is 13.1 Å². The minimum atomic E-state index is -0.961. The summed E-state index contributed by atoms with van der Waals surface area (Å²) in [5.74, 6) is -0.134. The molecule has 1 aliphatic rings. The lowest BCUT2D eigenvalue weighted by Gasteiger charge is -2.49. The van der Waals surface area contributed by atoms with Gasteiger partial charge in [-0.05, 0) is 55.3 Å². The van der Waals surface area contributed by atoms with Crippen LogP contribution in [-0.2, 0) is 0 Å². The fourth-order valence-electron chi connectivity index (χ4n) is 3.80. The van der Waals surface area contributed by atoms with E-state index in [0.717, 1.165) is 19.5 Å². The first-order valence-corrected chi connectivity index (χ1v) is 10.9. The number of likely N-dealkylation sites (tertiary alicyclic amines) is 1. The molecule has 2 N–H and O–H groups in total. The van der Waals surface area contributed by atoms with Gasteiger partial charge in [0.05, 0.1) is 17.7 Å². The van der Waals surface area contributed by atoms with Crippen molar-refractivity contribution in [3.05, 3.63) is 58.3 Å². The van der Waals surface area contributed by atoms with E-state index in [4.69, 9.17) is 0 Å². The molecule has 3 rings (SSSR count). The van der Waals surface area contributed by atoms with Crippen molar-refractivity contribution in [1.82, 2.24) is 10.2 Å². The molecule has 1 saturated heterocycles. The first-order chi connectivity index (χ1) is 13.2. The molecule has 0 unspecified atom stereocenters. The minimum Gasteiger partial charge on any atom is -0.388 e. The highest BCUT2D eigenvalue weighted by atomic mass is 32.1. The van der Waals surface area contributed by atoms with Crippen molar-refractivity contribution in [2.24, 2.45) is 5.41 Å². The molecule has 0 saturated carbocycles. The van der Waals surface area contributed by atoms with Crippen molar-refractivity contribution < 1.29 is 9.90 Å². The van der Waals surface area contributed by atoms with Crippen LogP contribution in [-0.4, -0.2) is 40.6 Å². The second kappa shape index (κ2) is 8.36. The van der Waals surface area contributed by atoms with Crippen LogP contribution in [0.2, 0.25) is 0 Å². The Bertz CT molecular complexity index is 766. The summed E-state index contributed by atoms with van der Waals surface area (Å²) in [6.07, 6.45) is 1.70. The lowest BCUT2D eigenvalue weighted by atomic mass is 9.81. The largest absolute Gasteiger partial charge is 0.388 e. The number of amides is 1. The van der Waals surface area contributed by atoms with Gasteiger partial charge in [0, 0.05) is 17.0 Å². The normalized spacial score (nSPS) is 26.2. The molecular formula is C23H32N2O2S. The van der Waals surface area contributed by atoms with E-state index >= 15 is 0 Å². The SMILES string of the molecule is CC(C)(C)CCN1CC[C@@](C)(O)[C@@H](NC(=O)c2ccccc2)[C@@H]1c1cccs1. The average molecular weight is 401 g/mol. The van der Waals surface area contributed by atoms with E-state index in [1.165, 1.54) is 4.88 Å². The number of hydrogen-bond acceptors (Lipinski definition) is 4. The van der Waals surface area contributed by atoms with Gasteiger partial charge in [-0.1, -0.05) is 45.0 Å². The van der Waals surface area contributed by atoms with Crippen LogP contribution in [0.25, 0.3) is 0 Å². The van der Waals surface area contributed by atoms with Crippen LogP contribution in [0, 0.1) is 5.41 Å². The van der Waals surface area contributed by atoms with E-state index in [9.17, 15) is 9.90 Å². The first kappa shape index (κ1) is 21.0. The Kier molecular flexibility index (Phi) is 6.28. The number of piperidine rings is 1. The van der Waals surface area contributed by atoms with Crippen LogP contribution in [0.4, 0.5) is 0 Å². The zero-order valence-electron chi connectivity index (χ0n) is 17.3. The summed E-state index contributed by atoms with van der Waals surface area (Å²) >= 11 is 1.69. The van der Waals surface area contributed by atoms with Gasteiger partial charge in [0.2, 0.25) is 0 Å². The number of carbonyl (C=O) groups is 1. The van der Waals surface area contributed by atoms with Gasteiger partial charge in [0.25, 0.3) is 5.91 Å². The molecule has 0 aliphatic carbocycles. The third-order valence-electron chi connectivity index (χ3n) is 5.59. The van der Waals surface area contributed by atoms with E-state index in [1.54, 1.807) is 11.3 Å². The van der Waals surface area contributed by atoms with Crippen molar-refractivity contribution in [1.29, 1.82) is 0 Å². The molecule has 4 nitrogen and oxygen atoms in total. The minimum absolute atomic E-state index is 0.0289. The molecular weight excluding hydrogens is 368 g/mol. The first-order valence-electron chi connectivity index (χ1n) is 10.0. The van der Waals surface area contributed by atoms with E-state index < -0.39 is 5.60 Å². The van der Waals surface area contributed by atoms with Gasteiger partial charge in [0.1, 0.15) is 0 Å². The molecule has 1 aliphatic heterocycles. The molecule has 1 aromatic carbocycles. The summed E-state index contributed by atoms with van der Waals surface area (Å²) in [5.41, 5.74) is -0.102. The van der Waals surface area contributed by atoms with Gasteiger partial charge in [-0.3, -0.25) is 9.69 Å². The summed E-state index contributed by atoms with van der Waals surface area (Å²) in [6.45, 7) is 10.4. The highest BCUT2D eigenvalue weighted by Crippen LogP contribution is 2.39. The maximum absolute atomic E-state index is 12.9. The smallest absolute Gasteiger partial charge is 0.251 e. The third-order valence-corrected chi connectivity index (χ3v) is 6.53. The van der Waals surface area contributed by atoms with Crippen molar-refractivity contribution in [2.45, 2.75) is 58.2 Å². The number of carbonyl (C=O) groups excluding carboxylic acids is 1. The van der Waals surface area contributed by atoms with Crippen molar-refractivity contribution in [3.8, 4) is 0 Å². The Morgan fingerprint density at radius 1 is 1.25 bits per heavy atom. The molecule has 28 heavy (non-hydrogen) atoms. The third kappa shape index (κ3) is 5.02. The molecule has 0 spiro atoms. The fourth-order valence-corrected chi connectivity index (χ4v) is 4.69. The second-order valence-electron chi connectivity index (χ2n) is 9.23. The summed E-state index contributed by atoms with van der Waals surface area (Å²) in [4.78, 5) is 16.5. The van der Waals surface area contributed by atoms with Crippen LogP contribution >= 0.6 is 11.3 Å². The highest BCUT2D eigenvalue weighted by Gasteiger charge is 2.46. The van der Waals surface area contributed by atoms with Gasteiger partial charge in [-0.25, -0.2) is 0 Å². The predicted molar refractivity (Wildman–Crippen MR) is 116 cm³/mol. The number of benzene rings is 1. The molecule has 0 bridgehead atoms. The van der Waals surface area contributed by atoms with E-state index in [1.807, 2.05) is 43.3 Å². The predicted octanol–water partition coefficient (Wildman–Crippen LogP) is 4.48. The Labute approximate surface area is 172 Å². The quantitative estimate of drug-likeness (QED) is 0.778. The molecule has 152 valence electrons. The number of thiophene rings is 1. The van der Waals surface area contributed by atoms with Crippen molar-refractivity contribution in [3.63, 3.8) is 0 Å². The number of rotatable bonds is 5. The maximum atomic E-state index is 12.9. The van der Waals surface area contributed by atoms with Crippen LogP contribution in [0.3, 0.4) is 0 Å². The van der Waals surface area contributed by atoms with Gasteiger partial charge >= 0.3 is 0 Å². The molecule has 1 fully saturated rings. The number of nitrogens with one attached hydrogen (secondary N) is 1. The number of aliphatic hydroxyl groups is 1. The Morgan fingerprint density at radius 2 is 1.96 bits per heavy atom. The molecule has 1 aromatic heterocycles. The Balaban J connectivity index is 1.89. The van der Waals surface area contributed by atoms with Gasteiger partial charge < -0.3 is 10.4 Å². The molecule has 1 amide bonds. The highest BCUT2D eigenvalue weighted by molar-refractivity contribution is 7.10. The Morgan fingerprint density at radius 3 is 2.57 bits per heavy atom. The molecule has 2 heterocycles. The number of hydrogen-bond donors (Lipinski definition) is 2. The molecule has 2 aromatic rings. The summed E-state index contributed by atoms with van der Waals surface area (Å²) in [5, 5.41) is 16.4. The zero-order chi connectivity index (χ0) is 20.4. The summed E-state index contributed by atoms with van der Waals surface area (Å²) in [6, 6.07) is 13.0. The zero-order valence-corrected chi connectivity index (χ0v) is 18.1. The lowest BCUT2D eigenvalue weighted by molar-refractivity contribution is -0.0648. The van der Waals surface area contributed by atoms with Gasteiger partial charge in [-0.15, -0.1) is 11.3 Å². The van der Waals surface area contributed by atoms with E-state index in [0.29, 0.717) is 12.0 Å². The van der Waals surface area contributed by atoms with Crippen LogP contribution in [0.15, 0.2) is 47.8 Å². The fraction of sp³-hybridized carbons (Fsp3) is 0.522. The summed E-state index contributed by atoms with van der Waals surface area (Å²) < 4.78 is 0. The second-order valence-corrected chi connectivity index (χ2v) is 10.2. The molecule has 0 radical (unpaired) electrons. The van der Waals surface area contributed by atoms with E-state index in [2.05, 4.69) is 42.4 Å². The summed E-state index contributed by atoms with van der Waals surface area (Å²) in [7, 11) is 0. The molecule has 5 heteroatoms. The monoisotopic (exact) mass is 400 g/mol. The van der Waals surface area contributed by atoms with Gasteiger partial charge in [0.15, 0.2) is 0 Å². The van der Waals surface area contributed by atoms with Gasteiger partial charge in [-0.2, -0.15) is 0 Å². The topological polar surface area (TPSA) is 52.6 Å². The number of nitrogens with zero attached hydrogens (tertiary/aromatic N) is 1. The average Bonchev–Trinajstić information content (AvgIpc) is 3.16. The maximum Gasteiger partial charge on any atom is 0.251 e. The standard InChI is InChI=1S/C23H32N2O2S/c1-22(2,3)12-14-25-15-13-23(4,27)20(19(25)18-11-8-16-28-18)24-21(26)17-9-6-5-7-10-17/h5-11,16,19-20,27H,12-15H2,1-4H3,(H,24,26)/t19-,20-,23+/m0/s1.